The number of rotatable bonds is 6. The predicted molar refractivity (Wildman–Crippen MR) is 103 cm³/mol. The molecule has 138 valence electrons. The number of hydrogen-bond acceptors (Lipinski definition) is 3. The van der Waals surface area contributed by atoms with Gasteiger partial charge in [-0.2, -0.15) is 4.31 Å². The summed E-state index contributed by atoms with van der Waals surface area (Å²) < 4.78 is 25.7. The van der Waals surface area contributed by atoms with Crippen LogP contribution in [0, 0.1) is 0 Å². The van der Waals surface area contributed by atoms with Crippen LogP contribution in [0.15, 0.2) is 48.5 Å². The van der Waals surface area contributed by atoms with Crippen LogP contribution < -0.4 is 5.32 Å². The molecule has 0 unspecified atom stereocenters. The van der Waals surface area contributed by atoms with E-state index in [9.17, 15) is 13.2 Å². The van der Waals surface area contributed by atoms with Crippen molar-refractivity contribution >= 4 is 21.6 Å². The van der Waals surface area contributed by atoms with Crippen LogP contribution in [0.3, 0.4) is 0 Å². The van der Waals surface area contributed by atoms with Crippen molar-refractivity contribution in [1.82, 2.24) is 4.31 Å². The largest absolute Gasteiger partial charge is 0.326 e. The van der Waals surface area contributed by atoms with Gasteiger partial charge in [-0.15, -0.1) is 0 Å². The Labute approximate surface area is 155 Å². The van der Waals surface area contributed by atoms with Gasteiger partial charge in [-0.3, -0.25) is 4.79 Å². The maximum Gasteiger partial charge on any atom is 0.224 e. The minimum absolute atomic E-state index is 0.0392. The molecule has 3 rings (SSSR count). The summed E-state index contributed by atoms with van der Waals surface area (Å²) in [4.78, 5) is 12.2. The SMILES string of the molecule is CCS(=O)(=O)N1CCc2ccc(NC(=O)CCc3ccccc3)cc2C1. The Morgan fingerprint density at radius 2 is 1.88 bits per heavy atom. The van der Waals surface area contributed by atoms with E-state index in [1.54, 1.807) is 6.92 Å². The van der Waals surface area contributed by atoms with Gasteiger partial charge in [0.1, 0.15) is 0 Å². The molecule has 1 heterocycles. The van der Waals surface area contributed by atoms with Gasteiger partial charge in [-0.1, -0.05) is 36.4 Å². The van der Waals surface area contributed by atoms with E-state index in [1.165, 1.54) is 4.31 Å². The summed E-state index contributed by atoms with van der Waals surface area (Å²) in [5.74, 6) is 0.0702. The first-order valence-electron chi connectivity index (χ1n) is 8.91. The minimum Gasteiger partial charge on any atom is -0.326 e. The minimum atomic E-state index is -3.19. The Kier molecular flexibility index (Phi) is 5.74. The van der Waals surface area contributed by atoms with Gasteiger partial charge in [0.2, 0.25) is 15.9 Å². The van der Waals surface area contributed by atoms with Crippen molar-refractivity contribution in [3.8, 4) is 0 Å². The summed E-state index contributed by atoms with van der Waals surface area (Å²) in [5, 5.41) is 2.92. The Morgan fingerprint density at radius 1 is 1.12 bits per heavy atom. The lowest BCUT2D eigenvalue weighted by Crippen LogP contribution is -2.36. The molecule has 1 aliphatic heterocycles. The van der Waals surface area contributed by atoms with Crippen LogP contribution in [0.25, 0.3) is 0 Å². The number of hydrogen-bond donors (Lipinski definition) is 1. The van der Waals surface area contributed by atoms with Gasteiger partial charge < -0.3 is 5.32 Å². The summed E-state index contributed by atoms with van der Waals surface area (Å²) in [6, 6.07) is 15.7. The molecule has 0 saturated heterocycles. The molecule has 1 amide bonds. The van der Waals surface area contributed by atoms with E-state index in [-0.39, 0.29) is 11.7 Å². The molecule has 6 heteroatoms. The van der Waals surface area contributed by atoms with E-state index in [0.717, 1.165) is 22.4 Å². The molecule has 2 aromatic carbocycles. The van der Waals surface area contributed by atoms with Crippen LogP contribution in [0.5, 0.6) is 0 Å². The molecule has 2 aromatic rings. The molecule has 0 bridgehead atoms. The standard InChI is InChI=1S/C20H24N2O3S/c1-2-26(24,25)22-13-12-17-9-10-19(14-18(17)15-22)21-20(23)11-8-16-6-4-3-5-7-16/h3-7,9-10,14H,2,8,11-13,15H2,1H3,(H,21,23). The zero-order valence-corrected chi connectivity index (χ0v) is 15.8. The summed E-state index contributed by atoms with van der Waals surface area (Å²) in [6.45, 7) is 2.55. The van der Waals surface area contributed by atoms with Crippen LogP contribution in [0.2, 0.25) is 0 Å². The van der Waals surface area contributed by atoms with Crippen molar-refractivity contribution in [3.63, 3.8) is 0 Å². The van der Waals surface area contributed by atoms with Crippen molar-refractivity contribution in [2.24, 2.45) is 0 Å². The van der Waals surface area contributed by atoms with E-state index in [0.29, 0.717) is 32.4 Å². The second-order valence-electron chi connectivity index (χ2n) is 6.50. The molecular formula is C20H24N2O3S. The summed E-state index contributed by atoms with van der Waals surface area (Å²) in [6.07, 6.45) is 1.81. The zero-order chi connectivity index (χ0) is 18.6. The number of amides is 1. The molecule has 0 aromatic heterocycles. The molecule has 0 spiro atoms. The van der Waals surface area contributed by atoms with Crippen LogP contribution >= 0.6 is 0 Å². The number of nitrogens with one attached hydrogen (secondary N) is 1. The fourth-order valence-corrected chi connectivity index (χ4v) is 4.23. The molecule has 5 nitrogen and oxygen atoms in total. The quantitative estimate of drug-likeness (QED) is 0.848. The highest BCUT2D eigenvalue weighted by molar-refractivity contribution is 7.89. The Bertz CT molecular complexity index is 879. The summed E-state index contributed by atoms with van der Waals surface area (Å²) >= 11 is 0. The van der Waals surface area contributed by atoms with Crippen LogP contribution in [-0.2, 0) is 34.2 Å². The monoisotopic (exact) mass is 372 g/mol. The molecule has 0 fully saturated rings. The lowest BCUT2D eigenvalue weighted by Gasteiger charge is -2.28. The van der Waals surface area contributed by atoms with Crippen molar-refractivity contribution in [2.75, 3.05) is 17.6 Å². The maximum absolute atomic E-state index is 12.2. The molecule has 1 N–H and O–H groups in total. The van der Waals surface area contributed by atoms with Crippen LogP contribution in [0.4, 0.5) is 5.69 Å². The summed E-state index contributed by atoms with van der Waals surface area (Å²) in [5.41, 5.74) is 3.97. The number of nitrogens with zero attached hydrogens (tertiary/aromatic N) is 1. The predicted octanol–water partition coefficient (Wildman–Crippen LogP) is 2.97. The lowest BCUT2D eigenvalue weighted by molar-refractivity contribution is -0.116. The average molecular weight is 372 g/mol. The van der Waals surface area contributed by atoms with E-state index >= 15 is 0 Å². The fraction of sp³-hybridized carbons (Fsp3) is 0.350. The normalized spacial score (nSPS) is 14.7. The van der Waals surface area contributed by atoms with Gasteiger partial charge in [0.15, 0.2) is 0 Å². The summed E-state index contributed by atoms with van der Waals surface area (Å²) in [7, 11) is -3.19. The smallest absolute Gasteiger partial charge is 0.224 e. The highest BCUT2D eigenvalue weighted by Crippen LogP contribution is 2.24. The van der Waals surface area contributed by atoms with Crippen LogP contribution in [0.1, 0.15) is 30.0 Å². The second kappa shape index (κ2) is 8.01. The van der Waals surface area contributed by atoms with E-state index in [2.05, 4.69) is 5.32 Å². The Morgan fingerprint density at radius 3 is 2.62 bits per heavy atom. The molecule has 26 heavy (non-hydrogen) atoms. The zero-order valence-electron chi connectivity index (χ0n) is 14.9. The van der Waals surface area contributed by atoms with Crippen LogP contribution in [-0.4, -0.2) is 30.9 Å². The van der Waals surface area contributed by atoms with E-state index in [1.807, 2.05) is 48.5 Å². The molecule has 0 aliphatic carbocycles. The fourth-order valence-electron chi connectivity index (χ4n) is 3.16. The third-order valence-electron chi connectivity index (χ3n) is 4.71. The van der Waals surface area contributed by atoms with Crippen molar-refractivity contribution < 1.29 is 13.2 Å². The molecule has 1 aliphatic rings. The van der Waals surface area contributed by atoms with Crippen molar-refractivity contribution in [1.29, 1.82) is 0 Å². The average Bonchev–Trinajstić information content (AvgIpc) is 2.66. The number of fused-ring (bicyclic) bond motifs is 1. The van der Waals surface area contributed by atoms with Gasteiger partial charge in [0.05, 0.1) is 5.75 Å². The van der Waals surface area contributed by atoms with Crippen molar-refractivity contribution in [3.05, 3.63) is 65.2 Å². The van der Waals surface area contributed by atoms with E-state index in [4.69, 9.17) is 0 Å². The third kappa shape index (κ3) is 4.51. The first-order valence-corrected chi connectivity index (χ1v) is 10.5. The van der Waals surface area contributed by atoms with Gasteiger partial charge in [-0.05, 0) is 48.6 Å². The Hall–Kier alpha value is -2.18. The first-order chi connectivity index (χ1) is 12.5. The Balaban J connectivity index is 1.63. The number of benzene rings is 2. The number of anilines is 1. The van der Waals surface area contributed by atoms with Gasteiger partial charge in [0.25, 0.3) is 0 Å². The highest BCUT2D eigenvalue weighted by Gasteiger charge is 2.25. The molecule has 0 saturated carbocycles. The van der Waals surface area contributed by atoms with Gasteiger partial charge in [0, 0.05) is 25.2 Å². The first kappa shape index (κ1) is 18.6. The topological polar surface area (TPSA) is 66.5 Å². The van der Waals surface area contributed by atoms with E-state index < -0.39 is 10.0 Å². The number of aryl methyl sites for hydroxylation is 1. The second-order valence-corrected chi connectivity index (χ2v) is 8.76. The lowest BCUT2D eigenvalue weighted by atomic mass is 10.0. The molecule has 0 radical (unpaired) electrons. The third-order valence-corrected chi connectivity index (χ3v) is 6.54. The highest BCUT2D eigenvalue weighted by atomic mass is 32.2. The van der Waals surface area contributed by atoms with Crippen molar-refractivity contribution in [2.45, 2.75) is 32.7 Å². The molecular weight excluding hydrogens is 348 g/mol. The molecule has 0 atom stereocenters. The maximum atomic E-state index is 12.2. The number of sulfonamides is 1. The van der Waals surface area contributed by atoms with Gasteiger partial charge >= 0.3 is 0 Å². The number of carbonyl (C=O) groups excluding carboxylic acids is 1. The number of carbonyl (C=O) groups is 1. The van der Waals surface area contributed by atoms with Gasteiger partial charge in [-0.25, -0.2) is 8.42 Å².